The van der Waals surface area contributed by atoms with Crippen molar-refractivity contribution in [2.24, 2.45) is 5.10 Å². The van der Waals surface area contributed by atoms with Crippen molar-refractivity contribution in [3.63, 3.8) is 0 Å². The van der Waals surface area contributed by atoms with E-state index in [9.17, 15) is 35.2 Å². The topological polar surface area (TPSA) is 130 Å². The molecule has 1 aliphatic heterocycles. The van der Waals surface area contributed by atoms with Gasteiger partial charge in [0.25, 0.3) is 0 Å². The van der Waals surface area contributed by atoms with Gasteiger partial charge in [0.05, 0.1) is 29.3 Å². The van der Waals surface area contributed by atoms with Gasteiger partial charge in [0.2, 0.25) is 0 Å². The maximum atomic E-state index is 13.9. The smallest absolute Gasteiger partial charge is 0.450 e. The van der Waals surface area contributed by atoms with Crippen LogP contribution in [0.1, 0.15) is 26.6 Å². The molecule has 0 fully saturated rings. The number of carbonyl (C=O) groups is 1. The van der Waals surface area contributed by atoms with Crippen molar-refractivity contribution in [3.8, 4) is 0 Å². The molecule has 0 saturated carbocycles. The number of rotatable bonds is 6. The molecule has 3 heterocycles. The number of H-pyrrole nitrogens is 1. The number of sulfone groups is 1. The number of halogens is 5. The second kappa shape index (κ2) is 9.49. The number of aromatic nitrogens is 3. The Labute approximate surface area is 212 Å². The second-order valence-electron chi connectivity index (χ2n) is 8.21. The minimum Gasteiger partial charge on any atom is -0.450 e. The fraction of sp³-hybridized carbons (Fsp3) is 0.364. The number of pyridine rings is 1. The summed E-state index contributed by atoms with van der Waals surface area (Å²) in [5.41, 5.74) is 0.0367. The molecule has 2 N–H and O–H groups in total. The number of carbonyl (C=O) groups excluding carboxylic acids is 1. The summed E-state index contributed by atoms with van der Waals surface area (Å²) in [6.07, 6.45) is -5.33. The number of fused-ring (bicyclic) bond motifs is 2. The van der Waals surface area contributed by atoms with Gasteiger partial charge in [0.1, 0.15) is 4.90 Å². The Morgan fingerprint density at radius 1 is 1.16 bits per heavy atom. The summed E-state index contributed by atoms with van der Waals surface area (Å²) < 4.78 is 97.0. The third kappa shape index (κ3) is 4.87. The number of ether oxygens (including phenoxy) is 1. The van der Waals surface area contributed by atoms with Crippen LogP contribution in [0.25, 0.3) is 17.0 Å². The lowest BCUT2D eigenvalue weighted by Crippen LogP contribution is -2.42. The Kier molecular flexibility index (Phi) is 6.80. The molecule has 16 heteroatoms. The van der Waals surface area contributed by atoms with Crippen LogP contribution in [0.3, 0.4) is 0 Å². The first kappa shape index (κ1) is 27.2. The van der Waals surface area contributed by atoms with E-state index >= 15 is 0 Å². The van der Waals surface area contributed by atoms with Gasteiger partial charge in [-0.25, -0.2) is 28.2 Å². The summed E-state index contributed by atoms with van der Waals surface area (Å²) in [7, 11) is -3.91. The normalized spacial score (nSPS) is 16.0. The average Bonchev–Trinajstić information content (AvgIpc) is 3.25. The van der Waals surface area contributed by atoms with E-state index in [4.69, 9.17) is 4.74 Å². The van der Waals surface area contributed by atoms with Gasteiger partial charge in [-0.2, -0.15) is 22.0 Å². The van der Waals surface area contributed by atoms with Crippen molar-refractivity contribution >= 4 is 44.4 Å². The predicted octanol–water partition coefficient (Wildman–Crippen LogP) is 3.20. The van der Waals surface area contributed by atoms with E-state index in [0.717, 1.165) is 5.01 Å². The zero-order valence-electron chi connectivity index (χ0n) is 20.1. The molecule has 0 saturated heterocycles. The second-order valence-corrected chi connectivity index (χ2v) is 10.5. The van der Waals surface area contributed by atoms with Crippen molar-refractivity contribution in [2.45, 2.75) is 43.8 Å². The SMILES string of the molecule is CCOC(=O)Nc1ccc2cc(S(=O)(=O)CC)c(N3N=c4nc(C(F)(F)C(F)(F)F)[nH]c4=CC3C)nc2c1. The Hall–Kier alpha value is -3.82. The Morgan fingerprint density at radius 3 is 2.50 bits per heavy atom. The lowest BCUT2D eigenvalue weighted by atomic mass is 10.2. The Morgan fingerprint density at radius 2 is 1.87 bits per heavy atom. The van der Waals surface area contributed by atoms with Crippen LogP contribution in [-0.4, -0.2) is 54.0 Å². The highest BCUT2D eigenvalue weighted by atomic mass is 32.2. The molecule has 1 aromatic carbocycles. The number of benzene rings is 1. The van der Waals surface area contributed by atoms with Gasteiger partial charge in [-0.3, -0.25) is 5.32 Å². The number of aromatic amines is 1. The minimum atomic E-state index is -5.89. The fourth-order valence-corrected chi connectivity index (χ4v) is 4.68. The molecule has 3 aromatic rings. The van der Waals surface area contributed by atoms with Crippen molar-refractivity contribution < 1.29 is 39.9 Å². The summed E-state index contributed by atoms with van der Waals surface area (Å²) in [5, 5.41) is 7.86. The molecule has 204 valence electrons. The van der Waals surface area contributed by atoms with E-state index in [2.05, 4.69) is 20.4 Å². The van der Waals surface area contributed by atoms with Crippen LogP contribution in [0.5, 0.6) is 0 Å². The number of nitrogens with zero attached hydrogens (tertiary/aromatic N) is 4. The third-order valence-corrected chi connectivity index (χ3v) is 7.31. The first-order valence-corrected chi connectivity index (χ1v) is 12.8. The molecule has 38 heavy (non-hydrogen) atoms. The number of imidazole rings is 1. The lowest BCUT2D eigenvalue weighted by Gasteiger charge is -2.26. The van der Waals surface area contributed by atoms with Crippen LogP contribution in [-0.2, 0) is 20.5 Å². The van der Waals surface area contributed by atoms with Gasteiger partial charge in [-0.15, -0.1) is 5.10 Å². The summed E-state index contributed by atoms with van der Waals surface area (Å²) in [6.45, 7) is 4.69. The first-order chi connectivity index (χ1) is 17.7. The molecule has 0 bridgehead atoms. The van der Waals surface area contributed by atoms with Gasteiger partial charge in [-0.1, -0.05) is 13.0 Å². The highest BCUT2D eigenvalue weighted by Gasteiger charge is 2.61. The molecule has 0 spiro atoms. The molecular formula is C22H21F5N6O4S. The zero-order chi connectivity index (χ0) is 28.0. The van der Waals surface area contributed by atoms with E-state index in [-0.39, 0.29) is 33.9 Å². The standard InChI is InChI=1S/C22H21F5N6O4S/c1-4-37-20(34)28-13-7-6-12-9-16(38(35,36)5-2)18(29-14(12)10-13)33-11(3)8-15-17(32-33)31-19(30-15)21(23,24)22(25,26)27/h6-11H,4-5H2,1-3H3,(H,28,34)(H,30,31,32). The lowest BCUT2D eigenvalue weighted by molar-refractivity contribution is -0.292. The van der Waals surface area contributed by atoms with Gasteiger partial charge < -0.3 is 9.72 Å². The van der Waals surface area contributed by atoms with Gasteiger partial charge in [0, 0.05) is 11.1 Å². The number of anilines is 2. The molecule has 0 aliphatic carbocycles. The average molecular weight is 561 g/mol. The molecule has 10 nitrogen and oxygen atoms in total. The maximum absolute atomic E-state index is 13.9. The number of alkyl halides is 5. The van der Waals surface area contributed by atoms with E-state index < -0.39 is 45.4 Å². The highest BCUT2D eigenvalue weighted by Crippen LogP contribution is 2.41. The monoisotopic (exact) mass is 560 g/mol. The van der Waals surface area contributed by atoms with Gasteiger partial charge in [-0.05, 0) is 38.1 Å². The van der Waals surface area contributed by atoms with E-state index in [0.29, 0.717) is 11.1 Å². The molecule has 1 amide bonds. The van der Waals surface area contributed by atoms with Crippen molar-refractivity contribution in [3.05, 3.63) is 40.9 Å². The summed E-state index contributed by atoms with van der Waals surface area (Å²) >= 11 is 0. The van der Waals surface area contributed by atoms with Crippen LogP contribution >= 0.6 is 0 Å². The largest absolute Gasteiger partial charge is 0.461 e. The van der Waals surface area contributed by atoms with E-state index in [1.165, 1.54) is 44.2 Å². The summed E-state index contributed by atoms with van der Waals surface area (Å²) in [5.74, 6) is -7.42. The van der Waals surface area contributed by atoms with Crippen LogP contribution in [0, 0.1) is 0 Å². The quantitative estimate of drug-likeness (QED) is 0.443. The highest BCUT2D eigenvalue weighted by molar-refractivity contribution is 7.91. The minimum absolute atomic E-state index is 0.136. The molecule has 4 rings (SSSR count). The van der Waals surface area contributed by atoms with Gasteiger partial charge >= 0.3 is 18.2 Å². The van der Waals surface area contributed by atoms with Crippen LogP contribution in [0.15, 0.2) is 34.3 Å². The van der Waals surface area contributed by atoms with Crippen LogP contribution in [0.4, 0.5) is 38.3 Å². The third-order valence-electron chi connectivity index (χ3n) is 5.58. The van der Waals surface area contributed by atoms with Gasteiger partial charge in [0.15, 0.2) is 27.0 Å². The Balaban J connectivity index is 1.88. The molecule has 2 aromatic heterocycles. The Bertz CT molecular complexity index is 1640. The van der Waals surface area contributed by atoms with Crippen molar-refractivity contribution in [2.75, 3.05) is 22.7 Å². The number of nitrogens with one attached hydrogen (secondary N) is 2. The van der Waals surface area contributed by atoms with Crippen molar-refractivity contribution in [1.29, 1.82) is 0 Å². The number of hydrogen-bond donors (Lipinski definition) is 2. The first-order valence-electron chi connectivity index (χ1n) is 11.2. The zero-order valence-corrected chi connectivity index (χ0v) is 20.9. The summed E-state index contributed by atoms with van der Waals surface area (Å²) in [4.78, 5) is 21.3. The molecule has 1 unspecified atom stereocenters. The van der Waals surface area contributed by atoms with E-state index in [1.54, 1.807) is 6.92 Å². The van der Waals surface area contributed by atoms with Crippen LogP contribution in [0.2, 0.25) is 0 Å². The van der Waals surface area contributed by atoms with Crippen LogP contribution < -0.4 is 21.2 Å². The van der Waals surface area contributed by atoms with Crippen molar-refractivity contribution in [1.82, 2.24) is 15.0 Å². The maximum Gasteiger partial charge on any atom is 0.461 e. The fourth-order valence-electron chi connectivity index (χ4n) is 3.65. The molecule has 0 radical (unpaired) electrons. The number of hydrogen-bond acceptors (Lipinski definition) is 8. The number of amides is 1. The summed E-state index contributed by atoms with van der Waals surface area (Å²) in [6, 6.07) is 5.02. The van der Waals surface area contributed by atoms with E-state index in [1.807, 2.05) is 4.98 Å². The molecule has 1 aliphatic rings. The molecular weight excluding hydrogens is 539 g/mol. The molecule has 1 atom stereocenters. The predicted molar refractivity (Wildman–Crippen MR) is 126 cm³/mol.